The Kier molecular flexibility index (Phi) is 4.09. The zero-order valence-corrected chi connectivity index (χ0v) is 12.7. The van der Waals surface area contributed by atoms with Gasteiger partial charge in [0.2, 0.25) is 0 Å². The standard InChI is InChI=1S/C12H18N4S2/c1-12(2,3)10-7-17-11(14-10)5-8(13-4)9-6-18-16-15-9/h6-8,13H,5H2,1-4H3. The fraction of sp³-hybridized carbons (Fsp3) is 0.583. The molecule has 2 aromatic heterocycles. The van der Waals surface area contributed by atoms with Crippen LogP contribution in [0.25, 0.3) is 0 Å². The van der Waals surface area contributed by atoms with E-state index in [-0.39, 0.29) is 11.5 Å². The van der Waals surface area contributed by atoms with Gasteiger partial charge >= 0.3 is 0 Å². The Hall–Kier alpha value is -0.850. The zero-order chi connectivity index (χ0) is 13.2. The number of likely N-dealkylation sites (N-methyl/N-ethyl adjacent to an activating group) is 1. The number of aromatic nitrogens is 3. The van der Waals surface area contributed by atoms with Crippen LogP contribution in [-0.2, 0) is 11.8 Å². The molecule has 0 saturated heterocycles. The summed E-state index contributed by atoms with van der Waals surface area (Å²) in [6.45, 7) is 6.56. The maximum Gasteiger partial charge on any atom is 0.0948 e. The number of rotatable bonds is 4. The zero-order valence-electron chi connectivity index (χ0n) is 11.1. The molecule has 0 aliphatic heterocycles. The SMILES string of the molecule is CNC(Cc1nc(C(C)(C)C)cs1)c1csnn1. The topological polar surface area (TPSA) is 50.7 Å². The molecular weight excluding hydrogens is 264 g/mol. The van der Waals surface area contributed by atoms with Crippen LogP contribution in [0, 0.1) is 0 Å². The molecule has 0 bridgehead atoms. The summed E-state index contributed by atoms with van der Waals surface area (Å²) in [7, 11) is 1.95. The second-order valence-electron chi connectivity index (χ2n) is 5.25. The molecular formula is C12H18N4S2. The molecule has 2 heterocycles. The molecule has 6 heteroatoms. The van der Waals surface area contributed by atoms with Gasteiger partial charge in [-0.2, -0.15) is 0 Å². The summed E-state index contributed by atoms with van der Waals surface area (Å²) >= 11 is 3.11. The first-order valence-corrected chi connectivity index (χ1v) is 7.61. The van der Waals surface area contributed by atoms with Gasteiger partial charge in [0.1, 0.15) is 0 Å². The summed E-state index contributed by atoms with van der Waals surface area (Å²) in [6.07, 6.45) is 0.864. The Balaban J connectivity index is 2.11. The minimum atomic E-state index is 0.117. The first-order chi connectivity index (χ1) is 8.50. The van der Waals surface area contributed by atoms with Crippen molar-refractivity contribution in [3.05, 3.63) is 27.2 Å². The van der Waals surface area contributed by atoms with Gasteiger partial charge in [-0.25, -0.2) is 4.98 Å². The minimum Gasteiger partial charge on any atom is -0.311 e. The third-order valence-corrected chi connectivity index (χ3v) is 4.18. The summed E-state index contributed by atoms with van der Waals surface area (Å²) in [5, 5.41) is 12.7. The largest absolute Gasteiger partial charge is 0.311 e. The lowest BCUT2D eigenvalue weighted by Crippen LogP contribution is -2.19. The molecule has 0 aromatic carbocycles. The number of nitrogens with zero attached hydrogens (tertiary/aromatic N) is 3. The molecule has 18 heavy (non-hydrogen) atoms. The van der Waals surface area contributed by atoms with Crippen molar-refractivity contribution in [2.75, 3.05) is 7.05 Å². The van der Waals surface area contributed by atoms with Gasteiger partial charge < -0.3 is 5.32 Å². The van der Waals surface area contributed by atoms with E-state index in [0.717, 1.165) is 22.8 Å². The molecule has 0 aliphatic rings. The summed E-state index contributed by atoms with van der Waals surface area (Å²) in [6, 6.07) is 0.197. The van der Waals surface area contributed by atoms with Crippen molar-refractivity contribution in [2.45, 2.75) is 38.6 Å². The number of hydrogen-bond acceptors (Lipinski definition) is 6. The predicted octanol–water partition coefficient (Wildman–Crippen LogP) is 2.80. The average Bonchev–Trinajstić information content (AvgIpc) is 2.95. The molecule has 2 aromatic rings. The monoisotopic (exact) mass is 282 g/mol. The Morgan fingerprint density at radius 1 is 1.33 bits per heavy atom. The molecule has 0 fully saturated rings. The van der Waals surface area contributed by atoms with Crippen molar-refractivity contribution < 1.29 is 0 Å². The third kappa shape index (κ3) is 3.13. The lowest BCUT2D eigenvalue weighted by Gasteiger charge is -2.15. The molecule has 1 atom stereocenters. The van der Waals surface area contributed by atoms with E-state index in [0.29, 0.717) is 0 Å². The van der Waals surface area contributed by atoms with E-state index >= 15 is 0 Å². The second kappa shape index (κ2) is 5.42. The van der Waals surface area contributed by atoms with Crippen LogP contribution >= 0.6 is 22.9 Å². The smallest absolute Gasteiger partial charge is 0.0948 e. The number of hydrogen-bond donors (Lipinski definition) is 1. The average molecular weight is 282 g/mol. The van der Waals surface area contributed by atoms with E-state index in [2.05, 4.69) is 41.1 Å². The summed E-state index contributed by atoms with van der Waals surface area (Å²) in [4.78, 5) is 4.71. The van der Waals surface area contributed by atoms with Gasteiger partial charge in [0, 0.05) is 22.6 Å². The molecule has 0 amide bonds. The van der Waals surface area contributed by atoms with E-state index in [1.807, 2.05) is 12.4 Å². The second-order valence-corrected chi connectivity index (χ2v) is 6.80. The van der Waals surface area contributed by atoms with Crippen LogP contribution < -0.4 is 5.32 Å². The lowest BCUT2D eigenvalue weighted by atomic mass is 9.93. The quantitative estimate of drug-likeness (QED) is 0.937. The van der Waals surface area contributed by atoms with Gasteiger partial charge in [-0.1, -0.05) is 25.3 Å². The van der Waals surface area contributed by atoms with Crippen LogP contribution in [0.4, 0.5) is 0 Å². The first kappa shape index (κ1) is 13.6. The van der Waals surface area contributed by atoms with Crippen molar-refractivity contribution in [3.63, 3.8) is 0 Å². The highest BCUT2D eigenvalue weighted by molar-refractivity contribution is 7.09. The predicted molar refractivity (Wildman–Crippen MR) is 76.2 cm³/mol. The van der Waals surface area contributed by atoms with Gasteiger partial charge in [0.05, 0.1) is 22.4 Å². The van der Waals surface area contributed by atoms with Gasteiger partial charge in [-0.15, -0.1) is 16.4 Å². The molecule has 0 radical (unpaired) electrons. The van der Waals surface area contributed by atoms with Crippen molar-refractivity contribution in [2.24, 2.45) is 0 Å². The minimum absolute atomic E-state index is 0.117. The van der Waals surface area contributed by atoms with E-state index in [4.69, 9.17) is 4.98 Å². The Morgan fingerprint density at radius 2 is 2.11 bits per heavy atom. The molecule has 4 nitrogen and oxygen atoms in total. The van der Waals surface area contributed by atoms with Crippen LogP contribution in [0.2, 0.25) is 0 Å². The lowest BCUT2D eigenvalue weighted by molar-refractivity contribution is 0.554. The summed E-state index contributed by atoms with van der Waals surface area (Å²) < 4.78 is 3.91. The molecule has 0 spiro atoms. The fourth-order valence-electron chi connectivity index (χ4n) is 1.60. The summed E-state index contributed by atoms with van der Waals surface area (Å²) in [5.41, 5.74) is 2.27. The highest BCUT2D eigenvalue weighted by atomic mass is 32.1. The maximum absolute atomic E-state index is 4.71. The van der Waals surface area contributed by atoms with Crippen LogP contribution in [0.15, 0.2) is 10.8 Å². The van der Waals surface area contributed by atoms with Crippen molar-refractivity contribution >= 4 is 22.9 Å². The molecule has 98 valence electrons. The highest BCUT2D eigenvalue weighted by Gasteiger charge is 2.20. The fourth-order valence-corrected chi connectivity index (χ4v) is 3.18. The molecule has 1 unspecified atom stereocenters. The van der Waals surface area contributed by atoms with Crippen LogP contribution in [-0.4, -0.2) is 21.6 Å². The third-order valence-electron chi connectivity index (χ3n) is 2.78. The Morgan fingerprint density at radius 3 is 2.61 bits per heavy atom. The van der Waals surface area contributed by atoms with Crippen LogP contribution in [0.5, 0.6) is 0 Å². The maximum atomic E-state index is 4.71. The van der Waals surface area contributed by atoms with Crippen molar-refractivity contribution in [3.8, 4) is 0 Å². The van der Waals surface area contributed by atoms with E-state index in [9.17, 15) is 0 Å². The normalized spacial score (nSPS) is 13.8. The van der Waals surface area contributed by atoms with E-state index in [1.54, 1.807) is 11.3 Å². The Labute approximate surface area is 116 Å². The Bertz CT molecular complexity index is 484. The molecule has 0 aliphatic carbocycles. The number of nitrogens with one attached hydrogen (secondary N) is 1. The molecule has 2 rings (SSSR count). The van der Waals surface area contributed by atoms with E-state index in [1.165, 1.54) is 11.5 Å². The highest BCUT2D eigenvalue weighted by Crippen LogP contribution is 2.26. The first-order valence-electron chi connectivity index (χ1n) is 5.90. The van der Waals surface area contributed by atoms with Gasteiger partial charge in [-0.05, 0) is 18.6 Å². The summed E-state index contributed by atoms with van der Waals surface area (Å²) in [5.74, 6) is 0. The van der Waals surface area contributed by atoms with E-state index < -0.39 is 0 Å². The van der Waals surface area contributed by atoms with Crippen molar-refractivity contribution in [1.29, 1.82) is 0 Å². The van der Waals surface area contributed by atoms with Crippen LogP contribution in [0.1, 0.15) is 43.2 Å². The van der Waals surface area contributed by atoms with Gasteiger partial charge in [0.15, 0.2) is 0 Å². The van der Waals surface area contributed by atoms with Crippen molar-refractivity contribution in [1.82, 2.24) is 19.9 Å². The van der Waals surface area contributed by atoms with Crippen LogP contribution in [0.3, 0.4) is 0 Å². The van der Waals surface area contributed by atoms with Gasteiger partial charge in [-0.3, -0.25) is 0 Å². The molecule has 0 saturated carbocycles. The number of thiazole rings is 1. The molecule has 1 N–H and O–H groups in total. The van der Waals surface area contributed by atoms with Gasteiger partial charge in [0.25, 0.3) is 0 Å².